The molecule has 6 nitrogen and oxygen atoms in total. The number of carbonyl (C=O) groups is 1. The number of amides is 1. The van der Waals surface area contributed by atoms with Crippen molar-refractivity contribution < 1.29 is 14.3 Å². The Morgan fingerprint density at radius 2 is 2.29 bits per heavy atom. The highest BCUT2D eigenvalue weighted by Crippen LogP contribution is 2.21. The molecule has 76 valence electrons. The summed E-state index contributed by atoms with van der Waals surface area (Å²) in [6, 6.07) is 0. The summed E-state index contributed by atoms with van der Waals surface area (Å²) in [5.74, 6) is 0.163. The van der Waals surface area contributed by atoms with E-state index in [0.29, 0.717) is 12.3 Å². The molecule has 0 saturated heterocycles. The van der Waals surface area contributed by atoms with Gasteiger partial charge >= 0.3 is 6.09 Å². The Kier molecular flexibility index (Phi) is 3.22. The molecule has 0 saturated carbocycles. The fourth-order valence-electron chi connectivity index (χ4n) is 0.840. The second-order valence-corrected chi connectivity index (χ2v) is 2.48. The molecule has 0 aliphatic rings. The van der Waals surface area contributed by atoms with Crippen LogP contribution in [0.2, 0.25) is 0 Å². The van der Waals surface area contributed by atoms with E-state index in [1.54, 1.807) is 13.8 Å². The van der Waals surface area contributed by atoms with Crippen LogP contribution in [-0.4, -0.2) is 22.7 Å². The molecule has 0 atom stereocenters. The maximum atomic E-state index is 10.5. The van der Waals surface area contributed by atoms with Gasteiger partial charge in [-0.15, -0.1) is 0 Å². The molecule has 1 aromatic rings. The topological polar surface area (TPSA) is 87.3 Å². The fourth-order valence-corrected chi connectivity index (χ4v) is 0.840. The first-order valence-corrected chi connectivity index (χ1v) is 4.07. The van der Waals surface area contributed by atoms with Gasteiger partial charge in [-0.25, -0.2) is 14.8 Å². The van der Waals surface area contributed by atoms with Crippen LogP contribution in [0.15, 0.2) is 6.20 Å². The third kappa shape index (κ3) is 2.58. The minimum Gasteiger partial charge on any atom is -0.474 e. The van der Waals surface area contributed by atoms with Gasteiger partial charge in [-0.3, -0.25) is 0 Å². The van der Waals surface area contributed by atoms with Gasteiger partial charge in [0.25, 0.3) is 11.8 Å². The number of aromatic nitrogens is 2. The van der Waals surface area contributed by atoms with Crippen molar-refractivity contribution >= 4 is 6.09 Å². The third-order valence-corrected chi connectivity index (χ3v) is 1.31. The molecule has 1 heterocycles. The zero-order valence-corrected chi connectivity index (χ0v) is 7.98. The maximum Gasteiger partial charge on any atom is 0.411 e. The molecule has 0 bridgehead atoms. The first-order valence-electron chi connectivity index (χ1n) is 4.07. The number of primary amides is 1. The van der Waals surface area contributed by atoms with Crippen LogP contribution in [0.25, 0.3) is 0 Å². The number of ether oxygens (including phenoxy) is 2. The summed E-state index contributed by atoms with van der Waals surface area (Å²) in [4.78, 5) is 18.3. The van der Waals surface area contributed by atoms with Crippen molar-refractivity contribution in [1.29, 1.82) is 0 Å². The van der Waals surface area contributed by atoms with Crippen molar-refractivity contribution in [1.82, 2.24) is 9.97 Å². The molecular formula is C8H11N3O3. The summed E-state index contributed by atoms with van der Waals surface area (Å²) in [5.41, 5.74) is 5.51. The Balaban J connectivity index is 2.95. The second-order valence-electron chi connectivity index (χ2n) is 2.48. The monoisotopic (exact) mass is 197 g/mol. The molecule has 0 unspecified atom stereocenters. The zero-order valence-electron chi connectivity index (χ0n) is 7.98. The number of hydrogen-bond donors (Lipinski definition) is 1. The van der Waals surface area contributed by atoms with Crippen LogP contribution < -0.4 is 15.2 Å². The molecule has 0 spiro atoms. The minimum atomic E-state index is -0.941. The highest BCUT2D eigenvalue weighted by Gasteiger charge is 2.11. The highest BCUT2D eigenvalue weighted by molar-refractivity contribution is 5.68. The smallest absolute Gasteiger partial charge is 0.411 e. The maximum absolute atomic E-state index is 10.5. The average molecular weight is 197 g/mol. The van der Waals surface area contributed by atoms with Crippen LogP contribution in [-0.2, 0) is 0 Å². The Morgan fingerprint density at radius 1 is 1.57 bits per heavy atom. The SMILES string of the molecule is CCOc1nc(C)cnc1OC(N)=O. The van der Waals surface area contributed by atoms with E-state index in [0.717, 1.165) is 0 Å². The van der Waals surface area contributed by atoms with Gasteiger partial charge < -0.3 is 15.2 Å². The van der Waals surface area contributed by atoms with E-state index in [2.05, 4.69) is 14.7 Å². The van der Waals surface area contributed by atoms with Crippen LogP contribution >= 0.6 is 0 Å². The van der Waals surface area contributed by atoms with E-state index in [9.17, 15) is 4.79 Å². The first kappa shape index (κ1) is 10.2. The Morgan fingerprint density at radius 3 is 2.86 bits per heavy atom. The van der Waals surface area contributed by atoms with Crippen molar-refractivity contribution in [3.63, 3.8) is 0 Å². The summed E-state index contributed by atoms with van der Waals surface area (Å²) in [7, 11) is 0. The quantitative estimate of drug-likeness (QED) is 0.768. The lowest BCUT2D eigenvalue weighted by atomic mass is 10.5. The molecule has 0 aliphatic heterocycles. The molecule has 0 aromatic carbocycles. The van der Waals surface area contributed by atoms with Crippen molar-refractivity contribution in [3.8, 4) is 11.8 Å². The van der Waals surface area contributed by atoms with Gasteiger partial charge in [-0.05, 0) is 13.8 Å². The van der Waals surface area contributed by atoms with Gasteiger partial charge in [0.15, 0.2) is 0 Å². The summed E-state index contributed by atoms with van der Waals surface area (Å²) in [6.45, 7) is 3.95. The van der Waals surface area contributed by atoms with Gasteiger partial charge in [0.05, 0.1) is 18.5 Å². The number of nitrogens with zero attached hydrogens (tertiary/aromatic N) is 2. The van der Waals surface area contributed by atoms with Crippen LogP contribution in [0.1, 0.15) is 12.6 Å². The van der Waals surface area contributed by atoms with Crippen LogP contribution in [0, 0.1) is 6.92 Å². The van der Waals surface area contributed by atoms with Crippen molar-refractivity contribution in [2.45, 2.75) is 13.8 Å². The van der Waals surface area contributed by atoms with Crippen LogP contribution in [0.4, 0.5) is 4.79 Å². The van der Waals surface area contributed by atoms with Crippen LogP contribution in [0.3, 0.4) is 0 Å². The Bertz CT molecular complexity index is 341. The molecule has 0 radical (unpaired) electrons. The average Bonchev–Trinajstić information content (AvgIpc) is 2.09. The summed E-state index contributed by atoms with van der Waals surface area (Å²) >= 11 is 0. The molecule has 14 heavy (non-hydrogen) atoms. The Hall–Kier alpha value is -1.85. The predicted molar refractivity (Wildman–Crippen MR) is 48.1 cm³/mol. The number of carbonyl (C=O) groups excluding carboxylic acids is 1. The van der Waals surface area contributed by atoms with Gasteiger partial charge in [0, 0.05) is 0 Å². The molecule has 2 N–H and O–H groups in total. The predicted octanol–water partition coefficient (Wildman–Crippen LogP) is 0.641. The number of hydrogen-bond acceptors (Lipinski definition) is 5. The summed E-state index contributed by atoms with van der Waals surface area (Å²) in [5, 5.41) is 0. The van der Waals surface area contributed by atoms with E-state index < -0.39 is 6.09 Å². The standard InChI is InChI=1S/C8H11N3O3/c1-3-13-7-6(14-8(9)12)10-4-5(2)11-7/h4H,3H2,1-2H3,(H2,9,12). The molecule has 1 amide bonds. The first-order chi connectivity index (χ1) is 6.63. The summed E-state index contributed by atoms with van der Waals surface area (Å²) < 4.78 is 9.71. The van der Waals surface area contributed by atoms with Crippen molar-refractivity contribution in [2.24, 2.45) is 5.73 Å². The second kappa shape index (κ2) is 4.40. The van der Waals surface area contributed by atoms with Gasteiger partial charge in [0.1, 0.15) is 0 Å². The zero-order chi connectivity index (χ0) is 10.6. The van der Waals surface area contributed by atoms with Crippen molar-refractivity contribution in [2.75, 3.05) is 6.61 Å². The van der Waals surface area contributed by atoms with E-state index in [-0.39, 0.29) is 11.8 Å². The normalized spacial score (nSPS) is 9.57. The molecule has 0 fully saturated rings. The van der Waals surface area contributed by atoms with E-state index in [1.165, 1.54) is 6.20 Å². The Labute approximate surface area is 81.1 Å². The van der Waals surface area contributed by atoms with Crippen LogP contribution in [0.5, 0.6) is 11.8 Å². The highest BCUT2D eigenvalue weighted by atomic mass is 16.6. The number of rotatable bonds is 3. The lowest BCUT2D eigenvalue weighted by molar-refractivity contribution is 0.204. The molecule has 1 rings (SSSR count). The largest absolute Gasteiger partial charge is 0.474 e. The van der Waals surface area contributed by atoms with E-state index in [4.69, 9.17) is 10.5 Å². The van der Waals surface area contributed by atoms with E-state index in [1.807, 2.05) is 0 Å². The molecule has 1 aromatic heterocycles. The molecule has 0 aliphatic carbocycles. The molecule has 6 heteroatoms. The summed E-state index contributed by atoms with van der Waals surface area (Å²) in [6.07, 6.45) is 0.518. The number of aryl methyl sites for hydroxylation is 1. The lowest BCUT2D eigenvalue weighted by Gasteiger charge is -2.06. The van der Waals surface area contributed by atoms with Gasteiger partial charge in [0.2, 0.25) is 0 Å². The fraction of sp³-hybridized carbons (Fsp3) is 0.375. The van der Waals surface area contributed by atoms with E-state index >= 15 is 0 Å². The minimum absolute atomic E-state index is 0.00931. The van der Waals surface area contributed by atoms with Crippen molar-refractivity contribution in [3.05, 3.63) is 11.9 Å². The van der Waals surface area contributed by atoms with Gasteiger partial charge in [-0.1, -0.05) is 0 Å². The third-order valence-electron chi connectivity index (χ3n) is 1.31. The lowest BCUT2D eigenvalue weighted by Crippen LogP contribution is -2.18. The van der Waals surface area contributed by atoms with Gasteiger partial charge in [-0.2, -0.15) is 0 Å². The molecular weight excluding hydrogens is 186 g/mol. The number of nitrogens with two attached hydrogens (primary N) is 1.